The molecule has 0 aliphatic carbocycles. The van der Waals surface area contributed by atoms with Gasteiger partial charge in [0.1, 0.15) is 0 Å². The van der Waals surface area contributed by atoms with Crippen LogP contribution < -0.4 is 16.0 Å². The predicted octanol–water partition coefficient (Wildman–Crippen LogP) is 3.51. The van der Waals surface area contributed by atoms with Gasteiger partial charge in [0.05, 0.1) is 12.1 Å². The molecule has 0 heterocycles. The van der Waals surface area contributed by atoms with Crippen LogP contribution in [0.2, 0.25) is 0 Å². The molecule has 0 aliphatic rings. The van der Waals surface area contributed by atoms with Gasteiger partial charge in [0, 0.05) is 23.5 Å². The summed E-state index contributed by atoms with van der Waals surface area (Å²) in [7, 11) is 0. The number of benzene rings is 2. The number of hydrogen-bond acceptors (Lipinski definition) is 3. The van der Waals surface area contributed by atoms with E-state index in [1.54, 1.807) is 31.2 Å². The minimum Gasteiger partial charge on any atom is -0.376 e. The summed E-state index contributed by atoms with van der Waals surface area (Å²) in [5, 5.41) is 7.90. The first-order chi connectivity index (χ1) is 12.3. The Labute approximate surface area is 148 Å². The fourth-order valence-corrected chi connectivity index (χ4v) is 2.19. The quantitative estimate of drug-likeness (QED) is 0.734. The molecule has 2 aromatic rings. The van der Waals surface area contributed by atoms with Crippen molar-refractivity contribution >= 4 is 23.2 Å². The standard InChI is InChI=1S/C18H18F3N3O2/c1-2-22-17(26)12-5-3-7-14(9-12)23-11-16(25)24-15-8-4-6-13(10-15)18(19,20)21/h3-10,23H,2,11H2,1H3,(H,22,26)(H,24,25). The number of halogens is 3. The molecule has 2 rings (SSSR count). The van der Waals surface area contributed by atoms with Crippen LogP contribution in [0.1, 0.15) is 22.8 Å². The predicted molar refractivity (Wildman–Crippen MR) is 93.0 cm³/mol. The molecule has 0 spiro atoms. The molecule has 2 aromatic carbocycles. The van der Waals surface area contributed by atoms with Gasteiger partial charge in [-0.05, 0) is 43.3 Å². The zero-order chi connectivity index (χ0) is 19.2. The van der Waals surface area contributed by atoms with Crippen LogP contribution in [0.25, 0.3) is 0 Å². The number of amides is 2. The number of carbonyl (C=O) groups excluding carboxylic acids is 2. The molecule has 0 atom stereocenters. The molecule has 26 heavy (non-hydrogen) atoms. The first-order valence-corrected chi connectivity index (χ1v) is 7.89. The third kappa shape index (κ3) is 5.51. The van der Waals surface area contributed by atoms with Crippen LogP contribution >= 0.6 is 0 Å². The monoisotopic (exact) mass is 365 g/mol. The van der Waals surface area contributed by atoms with Crippen molar-refractivity contribution in [3.63, 3.8) is 0 Å². The van der Waals surface area contributed by atoms with Crippen LogP contribution in [0.15, 0.2) is 48.5 Å². The third-order valence-electron chi connectivity index (χ3n) is 3.39. The maximum atomic E-state index is 12.7. The van der Waals surface area contributed by atoms with E-state index in [4.69, 9.17) is 0 Å². The summed E-state index contributed by atoms with van der Waals surface area (Å²) in [4.78, 5) is 23.7. The molecule has 0 aromatic heterocycles. The maximum absolute atomic E-state index is 12.7. The van der Waals surface area contributed by atoms with Crippen molar-refractivity contribution in [1.82, 2.24) is 5.32 Å². The van der Waals surface area contributed by atoms with Gasteiger partial charge in [-0.25, -0.2) is 0 Å². The number of nitrogens with one attached hydrogen (secondary N) is 3. The Balaban J connectivity index is 1.95. The molecule has 0 unspecified atom stereocenters. The van der Waals surface area contributed by atoms with Crippen molar-refractivity contribution in [3.8, 4) is 0 Å². The topological polar surface area (TPSA) is 70.2 Å². The van der Waals surface area contributed by atoms with Crippen molar-refractivity contribution in [3.05, 3.63) is 59.7 Å². The molecule has 0 saturated carbocycles. The fraction of sp³-hybridized carbons (Fsp3) is 0.222. The van der Waals surface area contributed by atoms with Gasteiger partial charge >= 0.3 is 6.18 Å². The zero-order valence-corrected chi connectivity index (χ0v) is 14.0. The Morgan fingerprint density at radius 3 is 2.38 bits per heavy atom. The van der Waals surface area contributed by atoms with Crippen LogP contribution in [-0.4, -0.2) is 24.9 Å². The van der Waals surface area contributed by atoms with Crippen molar-refractivity contribution in [1.29, 1.82) is 0 Å². The molecule has 0 saturated heterocycles. The summed E-state index contributed by atoms with van der Waals surface area (Å²) in [6, 6.07) is 11.0. The minimum absolute atomic E-state index is 0.0581. The highest BCUT2D eigenvalue weighted by molar-refractivity contribution is 5.96. The van der Waals surface area contributed by atoms with Crippen molar-refractivity contribution in [2.45, 2.75) is 13.1 Å². The summed E-state index contributed by atoms with van der Waals surface area (Å²) >= 11 is 0. The van der Waals surface area contributed by atoms with E-state index < -0.39 is 17.6 Å². The molecule has 0 fully saturated rings. The zero-order valence-electron chi connectivity index (χ0n) is 14.0. The Morgan fingerprint density at radius 1 is 1.00 bits per heavy atom. The van der Waals surface area contributed by atoms with Crippen LogP contribution in [0, 0.1) is 0 Å². The Bertz CT molecular complexity index is 791. The lowest BCUT2D eigenvalue weighted by atomic mass is 10.2. The second-order valence-electron chi connectivity index (χ2n) is 5.42. The Kier molecular flexibility index (Phi) is 6.21. The molecule has 0 aliphatic heterocycles. The second kappa shape index (κ2) is 8.37. The maximum Gasteiger partial charge on any atom is 0.416 e. The lowest BCUT2D eigenvalue weighted by Gasteiger charge is -2.11. The SMILES string of the molecule is CCNC(=O)c1cccc(NCC(=O)Nc2cccc(C(F)(F)F)c2)c1. The molecule has 5 nitrogen and oxygen atoms in total. The minimum atomic E-state index is -4.47. The number of rotatable bonds is 6. The van der Waals surface area contributed by atoms with E-state index in [0.717, 1.165) is 12.1 Å². The van der Waals surface area contributed by atoms with E-state index in [0.29, 0.717) is 17.8 Å². The van der Waals surface area contributed by atoms with Gasteiger partial charge in [0.2, 0.25) is 5.91 Å². The number of carbonyl (C=O) groups is 2. The van der Waals surface area contributed by atoms with Gasteiger partial charge in [0.25, 0.3) is 5.91 Å². The highest BCUT2D eigenvalue weighted by Gasteiger charge is 2.30. The largest absolute Gasteiger partial charge is 0.416 e. The van der Waals surface area contributed by atoms with Crippen molar-refractivity contribution < 1.29 is 22.8 Å². The summed E-state index contributed by atoms with van der Waals surface area (Å²) < 4.78 is 38.0. The summed E-state index contributed by atoms with van der Waals surface area (Å²) in [6.45, 7) is 2.14. The highest BCUT2D eigenvalue weighted by Crippen LogP contribution is 2.30. The van der Waals surface area contributed by atoms with E-state index in [9.17, 15) is 22.8 Å². The molecule has 2 amide bonds. The average Bonchev–Trinajstić information content (AvgIpc) is 2.60. The van der Waals surface area contributed by atoms with Crippen LogP contribution in [0.5, 0.6) is 0 Å². The number of alkyl halides is 3. The van der Waals surface area contributed by atoms with Crippen LogP contribution in [-0.2, 0) is 11.0 Å². The molecule has 3 N–H and O–H groups in total. The van der Waals surface area contributed by atoms with Crippen molar-refractivity contribution in [2.75, 3.05) is 23.7 Å². The Morgan fingerprint density at radius 2 is 1.69 bits per heavy atom. The molecule has 138 valence electrons. The van der Waals surface area contributed by atoms with E-state index in [2.05, 4.69) is 16.0 Å². The van der Waals surface area contributed by atoms with Crippen molar-refractivity contribution in [2.24, 2.45) is 0 Å². The molecule has 8 heteroatoms. The lowest BCUT2D eigenvalue weighted by Crippen LogP contribution is -2.23. The van der Waals surface area contributed by atoms with Crippen LogP contribution in [0.4, 0.5) is 24.5 Å². The summed E-state index contributed by atoms with van der Waals surface area (Å²) in [5.41, 5.74) is 0.212. The van der Waals surface area contributed by atoms with E-state index in [1.165, 1.54) is 12.1 Å². The van der Waals surface area contributed by atoms with Gasteiger partial charge < -0.3 is 16.0 Å². The van der Waals surface area contributed by atoms with E-state index in [1.807, 2.05) is 0 Å². The first-order valence-electron chi connectivity index (χ1n) is 7.89. The molecular formula is C18H18F3N3O2. The Hall–Kier alpha value is -3.03. The van der Waals surface area contributed by atoms with Crippen LogP contribution in [0.3, 0.4) is 0 Å². The molecule has 0 radical (unpaired) electrons. The number of anilines is 2. The molecule has 0 bridgehead atoms. The fourth-order valence-electron chi connectivity index (χ4n) is 2.19. The first kappa shape index (κ1) is 19.3. The van der Waals surface area contributed by atoms with Gasteiger partial charge in [-0.15, -0.1) is 0 Å². The van der Waals surface area contributed by atoms with Gasteiger partial charge in [-0.2, -0.15) is 13.2 Å². The van der Waals surface area contributed by atoms with Gasteiger partial charge in [-0.1, -0.05) is 12.1 Å². The summed E-state index contributed by atoms with van der Waals surface area (Å²) in [5.74, 6) is -0.739. The smallest absolute Gasteiger partial charge is 0.376 e. The number of hydrogen-bond donors (Lipinski definition) is 3. The van der Waals surface area contributed by atoms with E-state index in [-0.39, 0.29) is 18.1 Å². The normalized spacial score (nSPS) is 10.9. The third-order valence-corrected chi connectivity index (χ3v) is 3.39. The second-order valence-corrected chi connectivity index (χ2v) is 5.42. The molecular weight excluding hydrogens is 347 g/mol. The summed E-state index contributed by atoms with van der Waals surface area (Å²) in [6.07, 6.45) is -4.47. The van der Waals surface area contributed by atoms with Gasteiger partial charge in [-0.3, -0.25) is 9.59 Å². The highest BCUT2D eigenvalue weighted by atomic mass is 19.4. The van der Waals surface area contributed by atoms with E-state index >= 15 is 0 Å². The van der Waals surface area contributed by atoms with Gasteiger partial charge in [0.15, 0.2) is 0 Å². The average molecular weight is 365 g/mol. The lowest BCUT2D eigenvalue weighted by molar-refractivity contribution is -0.137.